The summed E-state index contributed by atoms with van der Waals surface area (Å²) in [6.45, 7) is 6.47. The van der Waals surface area contributed by atoms with Gasteiger partial charge in [-0.15, -0.1) is 11.3 Å². The number of carbonyl (C=O) groups excluding carboxylic acids is 1. The third-order valence-corrected chi connectivity index (χ3v) is 2.93. The minimum absolute atomic E-state index is 0.217. The summed E-state index contributed by atoms with van der Waals surface area (Å²) < 4.78 is 4.89. The van der Waals surface area contributed by atoms with Crippen LogP contribution in [0.15, 0.2) is 11.4 Å². The van der Waals surface area contributed by atoms with Crippen LogP contribution in [0.4, 0.5) is 0 Å². The molecule has 0 saturated carbocycles. The van der Waals surface area contributed by atoms with E-state index < -0.39 is 0 Å². The Morgan fingerprint density at radius 2 is 2.31 bits per heavy atom. The van der Waals surface area contributed by atoms with Gasteiger partial charge in [0.25, 0.3) is 0 Å². The fraction of sp³-hybridized carbons (Fsp3) is 0.500. The first-order valence-corrected chi connectivity index (χ1v) is 5.28. The molecular formula is C10H14O2S. The minimum Gasteiger partial charge on any atom is -0.462 e. The van der Waals surface area contributed by atoms with Gasteiger partial charge in [-0.25, -0.2) is 4.79 Å². The smallest absolute Gasteiger partial charge is 0.338 e. The number of rotatable bonds is 3. The van der Waals surface area contributed by atoms with Crippen molar-refractivity contribution >= 4 is 17.3 Å². The van der Waals surface area contributed by atoms with Crippen molar-refractivity contribution in [1.82, 2.24) is 0 Å². The molecule has 0 atom stereocenters. The van der Waals surface area contributed by atoms with Gasteiger partial charge in [0.2, 0.25) is 0 Å². The average molecular weight is 198 g/mol. The molecule has 1 aromatic heterocycles. The zero-order valence-electron chi connectivity index (χ0n) is 8.16. The molecule has 1 rings (SSSR count). The van der Waals surface area contributed by atoms with Gasteiger partial charge in [-0.05, 0) is 18.9 Å². The van der Waals surface area contributed by atoms with Crippen LogP contribution in [-0.2, 0) is 4.74 Å². The van der Waals surface area contributed by atoms with Gasteiger partial charge in [0, 0.05) is 10.3 Å². The summed E-state index contributed by atoms with van der Waals surface area (Å²) >= 11 is 1.61. The lowest BCUT2D eigenvalue weighted by Gasteiger charge is -1.98. The molecule has 0 aliphatic heterocycles. The Kier molecular flexibility index (Phi) is 3.48. The van der Waals surface area contributed by atoms with Crippen LogP contribution in [0.1, 0.15) is 41.9 Å². The average Bonchev–Trinajstić information content (AvgIpc) is 2.52. The predicted octanol–water partition coefficient (Wildman–Crippen LogP) is 3.05. The first-order valence-electron chi connectivity index (χ1n) is 4.40. The molecule has 0 aromatic carbocycles. The van der Waals surface area contributed by atoms with Crippen molar-refractivity contribution in [2.75, 3.05) is 6.61 Å². The van der Waals surface area contributed by atoms with Gasteiger partial charge in [-0.1, -0.05) is 13.8 Å². The Labute approximate surface area is 82.5 Å². The fourth-order valence-corrected chi connectivity index (χ4v) is 1.87. The summed E-state index contributed by atoms with van der Waals surface area (Å²) in [6.07, 6.45) is 0. The van der Waals surface area contributed by atoms with Gasteiger partial charge in [-0.2, -0.15) is 0 Å². The summed E-state index contributed by atoms with van der Waals surface area (Å²) in [7, 11) is 0. The Morgan fingerprint density at radius 1 is 1.62 bits per heavy atom. The maximum atomic E-state index is 11.3. The monoisotopic (exact) mass is 198 g/mol. The third-order valence-electron chi connectivity index (χ3n) is 1.70. The molecule has 0 amide bonds. The molecule has 0 fully saturated rings. The van der Waals surface area contributed by atoms with Crippen LogP contribution < -0.4 is 0 Å². The van der Waals surface area contributed by atoms with Crippen molar-refractivity contribution in [2.45, 2.75) is 26.7 Å². The molecule has 1 heterocycles. The molecule has 72 valence electrons. The molecule has 0 spiro atoms. The molecule has 0 radical (unpaired) electrons. The highest BCUT2D eigenvalue weighted by atomic mass is 32.1. The van der Waals surface area contributed by atoms with E-state index in [9.17, 15) is 4.79 Å². The quantitative estimate of drug-likeness (QED) is 0.698. The molecule has 0 bridgehead atoms. The lowest BCUT2D eigenvalue weighted by molar-refractivity contribution is 0.0527. The van der Waals surface area contributed by atoms with Gasteiger partial charge in [0.05, 0.1) is 12.2 Å². The summed E-state index contributed by atoms with van der Waals surface area (Å²) in [6, 6.07) is 1.91. The van der Waals surface area contributed by atoms with E-state index >= 15 is 0 Å². The SMILES string of the molecule is CCOC(=O)c1csc(C(C)C)c1. The van der Waals surface area contributed by atoms with E-state index in [1.54, 1.807) is 11.3 Å². The number of esters is 1. The zero-order chi connectivity index (χ0) is 9.84. The highest BCUT2D eigenvalue weighted by Gasteiger charge is 2.10. The van der Waals surface area contributed by atoms with Crippen molar-refractivity contribution < 1.29 is 9.53 Å². The molecule has 0 aliphatic rings. The summed E-state index contributed by atoms with van der Waals surface area (Å²) in [4.78, 5) is 12.5. The van der Waals surface area contributed by atoms with Crippen molar-refractivity contribution in [3.05, 3.63) is 21.9 Å². The first-order chi connectivity index (χ1) is 6.15. The molecule has 13 heavy (non-hydrogen) atoms. The van der Waals surface area contributed by atoms with Crippen LogP contribution in [0.5, 0.6) is 0 Å². The Hall–Kier alpha value is -0.830. The van der Waals surface area contributed by atoms with Gasteiger partial charge >= 0.3 is 5.97 Å². The second-order valence-electron chi connectivity index (χ2n) is 3.11. The van der Waals surface area contributed by atoms with Crippen molar-refractivity contribution in [3.63, 3.8) is 0 Å². The van der Waals surface area contributed by atoms with E-state index in [0.717, 1.165) is 0 Å². The summed E-state index contributed by atoms with van der Waals surface area (Å²) in [5, 5.41) is 1.85. The van der Waals surface area contributed by atoms with Gasteiger partial charge in [-0.3, -0.25) is 0 Å². The number of thiophene rings is 1. The van der Waals surface area contributed by atoms with E-state index in [2.05, 4.69) is 13.8 Å². The molecule has 0 N–H and O–H groups in total. The highest BCUT2D eigenvalue weighted by Crippen LogP contribution is 2.23. The minimum atomic E-state index is -0.217. The molecule has 0 saturated heterocycles. The number of hydrogen-bond acceptors (Lipinski definition) is 3. The molecule has 3 heteroatoms. The topological polar surface area (TPSA) is 26.3 Å². The molecule has 1 aromatic rings. The largest absolute Gasteiger partial charge is 0.462 e. The normalized spacial score (nSPS) is 10.5. The first kappa shape index (κ1) is 10.3. The van der Waals surface area contributed by atoms with E-state index in [1.807, 2.05) is 18.4 Å². The molecular weight excluding hydrogens is 184 g/mol. The lowest BCUT2D eigenvalue weighted by atomic mass is 10.1. The van der Waals surface area contributed by atoms with Crippen LogP contribution in [0, 0.1) is 0 Å². The number of carbonyl (C=O) groups is 1. The van der Waals surface area contributed by atoms with E-state index in [1.165, 1.54) is 4.88 Å². The standard InChI is InChI=1S/C10H14O2S/c1-4-12-10(11)8-5-9(7(2)3)13-6-8/h5-7H,4H2,1-3H3. The predicted molar refractivity (Wildman–Crippen MR) is 54.4 cm³/mol. The molecule has 0 aliphatic carbocycles. The zero-order valence-corrected chi connectivity index (χ0v) is 8.98. The van der Waals surface area contributed by atoms with Gasteiger partial charge in [0.15, 0.2) is 0 Å². The van der Waals surface area contributed by atoms with Crippen LogP contribution in [0.3, 0.4) is 0 Å². The maximum absolute atomic E-state index is 11.3. The van der Waals surface area contributed by atoms with Crippen LogP contribution in [0.25, 0.3) is 0 Å². The second kappa shape index (κ2) is 4.42. The van der Waals surface area contributed by atoms with Crippen LogP contribution >= 0.6 is 11.3 Å². The van der Waals surface area contributed by atoms with Crippen LogP contribution in [0.2, 0.25) is 0 Å². The second-order valence-corrected chi connectivity index (χ2v) is 4.06. The van der Waals surface area contributed by atoms with Crippen molar-refractivity contribution in [3.8, 4) is 0 Å². The van der Waals surface area contributed by atoms with E-state index in [-0.39, 0.29) is 5.97 Å². The van der Waals surface area contributed by atoms with Crippen molar-refractivity contribution in [2.24, 2.45) is 0 Å². The molecule has 0 unspecified atom stereocenters. The molecule has 2 nitrogen and oxygen atoms in total. The fourth-order valence-electron chi connectivity index (χ4n) is 0.977. The van der Waals surface area contributed by atoms with Crippen LogP contribution in [-0.4, -0.2) is 12.6 Å². The highest BCUT2D eigenvalue weighted by molar-refractivity contribution is 7.10. The van der Waals surface area contributed by atoms with Gasteiger partial charge in [0.1, 0.15) is 0 Å². The third kappa shape index (κ3) is 2.56. The Balaban J connectivity index is 2.73. The van der Waals surface area contributed by atoms with E-state index in [4.69, 9.17) is 4.74 Å². The van der Waals surface area contributed by atoms with E-state index in [0.29, 0.717) is 18.1 Å². The number of hydrogen-bond donors (Lipinski definition) is 0. The Morgan fingerprint density at radius 3 is 2.77 bits per heavy atom. The Bertz CT molecular complexity index is 289. The lowest BCUT2D eigenvalue weighted by Crippen LogP contribution is -2.02. The maximum Gasteiger partial charge on any atom is 0.338 e. The summed E-state index contributed by atoms with van der Waals surface area (Å²) in [5.41, 5.74) is 0.676. The van der Waals surface area contributed by atoms with Crippen molar-refractivity contribution in [1.29, 1.82) is 0 Å². The summed E-state index contributed by atoms with van der Waals surface area (Å²) in [5.74, 6) is 0.263. The van der Waals surface area contributed by atoms with Gasteiger partial charge < -0.3 is 4.74 Å². The number of ether oxygens (including phenoxy) is 1.